The summed E-state index contributed by atoms with van der Waals surface area (Å²) < 4.78 is 0. The van der Waals surface area contributed by atoms with Crippen molar-refractivity contribution in [3.8, 4) is 0 Å². The highest BCUT2D eigenvalue weighted by atomic mass is 16.6. The van der Waals surface area contributed by atoms with Crippen LogP contribution in [-0.4, -0.2) is 39.2 Å². The Morgan fingerprint density at radius 1 is 1.35 bits per heavy atom. The summed E-state index contributed by atoms with van der Waals surface area (Å²) in [5, 5.41) is 15.9. The van der Waals surface area contributed by atoms with Crippen LogP contribution in [-0.2, 0) is 0 Å². The van der Waals surface area contributed by atoms with Gasteiger partial charge in [-0.15, -0.1) is 0 Å². The number of fused-ring (bicyclic) bond motifs is 1. The zero-order chi connectivity index (χ0) is 18.5. The van der Waals surface area contributed by atoms with Crippen molar-refractivity contribution in [2.75, 3.05) is 23.4 Å². The predicted molar refractivity (Wildman–Crippen MR) is 102 cm³/mol. The Labute approximate surface area is 149 Å². The van der Waals surface area contributed by atoms with Crippen LogP contribution in [0.25, 0.3) is 10.9 Å². The molecule has 0 saturated heterocycles. The molecule has 0 aliphatic rings. The molecule has 2 N–H and O–H groups in total. The molecule has 0 aliphatic heterocycles. The van der Waals surface area contributed by atoms with Crippen molar-refractivity contribution in [2.45, 2.75) is 13.8 Å². The molecule has 3 rings (SSSR count). The summed E-state index contributed by atoms with van der Waals surface area (Å²) in [6.07, 6.45) is 4.69. The topological polar surface area (TPSA) is 112 Å². The molecule has 0 fully saturated rings. The van der Waals surface area contributed by atoms with Crippen LogP contribution in [0.5, 0.6) is 0 Å². The fraction of sp³-hybridized carbons (Fsp3) is 0.235. The van der Waals surface area contributed by atoms with Crippen LogP contribution in [0.4, 0.5) is 17.3 Å². The number of rotatable bonds is 7. The van der Waals surface area contributed by atoms with E-state index in [-0.39, 0.29) is 5.69 Å². The van der Waals surface area contributed by atoms with Gasteiger partial charge < -0.3 is 9.88 Å². The molecular formula is C17H19N7O2. The van der Waals surface area contributed by atoms with Gasteiger partial charge in [0.05, 0.1) is 22.0 Å². The van der Waals surface area contributed by atoms with E-state index in [1.807, 2.05) is 6.07 Å². The van der Waals surface area contributed by atoms with E-state index in [1.54, 1.807) is 18.3 Å². The molecule has 0 bridgehead atoms. The van der Waals surface area contributed by atoms with Crippen LogP contribution in [0.3, 0.4) is 0 Å². The highest BCUT2D eigenvalue weighted by Gasteiger charge is 2.15. The highest BCUT2D eigenvalue weighted by molar-refractivity contribution is 6.04. The lowest BCUT2D eigenvalue weighted by atomic mass is 10.1. The molecule has 1 aromatic carbocycles. The first kappa shape index (κ1) is 17.3. The SMILES string of the molecule is CCN(CC)c1cc(N/N=C/c2c[nH]c3cccc([N+](=O)[O-])c23)ncn1. The van der Waals surface area contributed by atoms with Crippen LogP contribution in [0.1, 0.15) is 19.4 Å². The fourth-order valence-corrected chi connectivity index (χ4v) is 2.74. The van der Waals surface area contributed by atoms with Gasteiger partial charge in [0.15, 0.2) is 5.82 Å². The molecule has 2 heterocycles. The number of hydrogen-bond acceptors (Lipinski definition) is 7. The van der Waals surface area contributed by atoms with Gasteiger partial charge in [-0.25, -0.2) is 9.97 Å². The summed E-state index contributed by atoms with van der Waals surface area (Å²) in [5.74, 6) is 1.36. The first-order valence-corrected chi connectivity index (χ1v) is 8.24. The number of H-pyrrole nitrogens is 1. The van der Waals surface area contributed by atoms with E-state index < -0.39 is 4.92 Å². The van der Waals surface area contributed by atoms with E-state index in [1.165, 1.54) is 18.6 Å². The quantitative estimate of drug-likeness (QED) is 0.383. The fourth-order valence-electron chi connectivity index (χ4n) is 2.74. The maximum absolute atomic E-state index is 11.2. The third-order valence-corrected chi connectivity index (χ3v) is 4.03. The summed E-state index contributed by atoms with van der Waals surface area (Å²) in [4.78, 5) is 24.3. The first-order valence-electron chi connectivity index (χ1n) is 8.24. The monoisotopic (exact) mass is 353 g/mol. The average Bonchev–Trinajstić information content (AvgIpc) is 3.06. The predicted octanol–water partition coefficient (Wildman–Crippen LogP) is 3.16. The van der Waals surface area contributed by atoms with Crippen molar-refractivity contribution in [3.05, 3.63) is 52.5 Å². The van der Waals surface area contributed by atoms with Gasteiger partial charge in [0, 0.05) is 37.0 Å². The molecular weight excluding hydrogens is 334 g/mol. The van der Waals surface area contributed by atoms with E-state index in [0.29, 0.717) is 22.3 Å². The Morgan fingerprint density at radius 3 is 2.88 bits per heavy atom. The van der Waals surface area contributed by atoms with E-state index in [9.17, 15) is 10.1 Å². The maximum Gasteiger partial charge on any atom is 0.279 e. The Kier molecular flexibility index (Phi) is 5.07. The number of hydrogen-bond donors (Lipinski definition) is 2. The number of benzene rings is 1. The number of non-ortho nitro benzene ring substituents is 1. The molecule has 0 unspecified atom stereocenters. The number of aromatic nitrogens is 3. The molecule has 9 heteroatoms. The third-order valence-electron chi connectivity index (χ3n) is 4.03. The average molecular weight is 353 g/mol. The molecule has 0 aliphatic carbocycles. The standard InChI is InChI=1S/C17H19N7O2/c1-3-23(4-2)16-8-15(19-11-20-16)22-21-10-12-9-18-13-6-5-7-14(17(12)13)24(25)26/h5-11,18H,3-4H2,1-2H3,(H,19,20,22)/b21-10+. The Morgan fingerprint density at radius 2 is 2.15 bits per heavy atom. The number of nitrogens with zero attached hydrogens (tertiary/aromatic N) is 5. The second-order valence-corrected chi connectivity index (χ2v) is 5.50. The molecule has 0 saturated carbocycles. The van der Waals surface area contributed by atoms with Gasteiger partial charge in [-0.1, -0.05) is 6.07 Å². The van der Waals surface area contributed by atoms with Gasteiger partial charge in [0.2, 0.25) is 0 Å². The molecule has 0 amide bonds. The third kappa shape index (κ3) is 3.46. The summed E-state index contributed by atoms with van der Waals surface area (Å²) in [6, 6.07) is 6.71. The van der Waals surface area contributed by atoms with Crippen molar-refractivity contribution in [1.82, 2.24) is 15.0 Å². The van der Waals surface area contributed by atoms with Crippen molar-refractivity contribution in [1.29, 1.82) is 0 Å². The summed E-state index contributed by atoms with van der Waals surface area (Å²) in [7, 11) is 0. The van der Waals surface area contributed by atoms with Crippen molar-refractivity contribution in [3.63, 3.8) is 0 Å². The highest BCUT2D eigenvalue weighted by Crippen LogP contribution is 2.27. The Bertz CT molecular complexity index is 947. The van der Waals surface area contributed by atoms with Crippen LogP contribution in [0.15, 0.2) is 41.9 Å². The smallest absolute Gasteiger partial charge is 0.279 e. The zero-order valence-electron chi connectivity index (χ0n) is 14.5. The molecule has 0 spiro atoms. The van der Waals surface area contributed by atoms with E-state index in [2.05, 4.69) is 44.2 Å². The minimum atomic E-state index is -0.401. The molecule has 0 atom stereocenters. The van der Waals surface area contributed by atoms with Gasteiger partial charge in [-0.05, 0) is 19.9 Å². The largest absolute Gasteiger partial charge is 0.360 e. The van der Waals surface area contributed by atoms with Crippen molar-refractivity contribution >= 4 is 34.4 Å². The van der Waals surface area contributed by atoms with Crippen LogP contribution in [0.2, 0.25) is 0 Å². The molecule has 2 aromatic heterocycles. The summed E-state index contributed by atoms with van der Waals surface area (Å²) in [5.41, 5.74) is 4.20. The number of aromatic amines is 1. The number of hydrazone groups is 1. The molecule has 9 nitrogen and oxygen atoms in total. The first-order chi connectivity index (χ1) is 12.6. The van der Waals surface area contributed by atoms with Gasteiger partial charge in [0.1, 0.15) is 12.1 Å². The lowest BCUT2D eigenvalue weighted by Crippen LogP contribution is -2.23. The van der Waals surface area contributed by atoms with E-state index >= 15 is 0 Å². The molecule has 3 aromatic rings. The lowest BCUT2D eigenvalue weighted by Gasteiger charge is -2.19. The minimum absolute atomic E-state index is 0.0380. The van der Waals surface area contributed by atoms with E-state index in [4.69, 9.17) is 0 Å². The number of nitro benzene ring substituents is 1. The molecule has 134 valence electrons. The maximum atomic E-state index is 11.2. The van der Waals surface area contributed by atoms with Gasteiger partial charge in [-0.3, -0.25) is 15.5 Å². The Balaban J connectivity index is 1.83. The van der Waals surface area contributed by atoms with Crippen molar-refractivity contribution in [2.24, 2.45) is 5.10 Å². The van der Waals surface area contributed by atoms with Gasteiger partial charge in [-0.2, -0.15) is 5.10 Å². The number of anilines is 2. The van der Waals surface area contributed by atoms with Crippen LogP contribution < -0.4 is 10.3 Å². The summed E-state index contributed by atoms with van der Waals surface area (Å²) in [6.45, 7) is 5.80. The van der Waals surface area contributed by atoms with Gasteiger partial charge in [0.25, 0.3) is 5.69 Å². The second kappa shape index (κ2) is 7.60. The lowest BCUT2D eigenvalue weighted by molar-refractivity contribution is -0.383. The minimum Gasteiger partial charge on any atom is -0.360 e. The van der Waals surface area contributed by atoms with Crippen LogP contribution in [0, 0.1) is 10.1 Å². The van der Waals surface area contributed by atoms with Crippen LogP contribution >= 0.6 is 0 Å². The van der Waals surface area contributed by atoms with Crippen molar-refractivity contribution < 1.29 is 4.92 Å². The molecule has 26 heavy (non-hydrogen) atoms. The second-order valence-electron chi connectivity index (χ2n) is 5.50. The molecule has 0 radical (unpaired) electrons. The number of nitro groups is 1. The number of nitrogens with one attached hydrogen (secondary N) is 2. The zero-order valence-corrected chi connectivity index (χ0v) is 14.5. The van der Waals surface area contributed by atoms with Gasteiger partial charge >= 0.3 is 0 Å². The normalized spacial score (nSPS) is 11.2. The Hall–Kier alpha value is -3.49. The summed E-state index contributed by atoms with van der Waals surface area (Å²) >= 11 is 0. The van der Waals surface area contributed by atoms with E-state index in [0.717, 1.165) is 18.9 Å².